The van der Waals surface area contributed by atoms with Gasteiger partial charge in [0.25, 0.3) is 5.82 Å². The minimum Gasteiger partial charge on any atom is -0.497 e. The summed E-state index contributed by atoms with van der Waals surface area (Å²) in [5, 5.41) is 3.27. The second-order valence-corrected chi connectivity index (χ2v) is 8.01. The number of hydrogen-bond acceptors (Lipinski definition) is 4. The van der Waals surface area contributed by atoms with E-state index in [1.807, 2.05) is 24.3 Å². The summed E-state index contributed by atoms with van der Waals surface area (Å²) in [7, 11) is -1.71. The average molecular weight is 362 g/mol. The molecule has 1 saturated heterocycles. The summed E-state index contributed by atoms with van der Waals surface area (Å²) < 4.78 is 31.6. The van der Waals surface area contributed by atoms with E-state index < -0.39 is 10.0 Å². The summed E-state index contributed by atoms with van der Waals surface area (Å²) >= 11 is 0. The van der Waals surface area contributed by atoms with Crippen molar-refractivity contribution in [2.24, 2.45) is 0 Å². The van der Waals surface area contributed by atoms with Gasteiger partial charge in [-0.2, -0.15) is 4.31 Å². The molecular weight excluding hydrogens is 338 g/mol. The highest BCUT2D eigenvalue weighted by Gasteiger charge is 2.27. The van der Waals surface area contributed by atoms with Crippen LogP contribution in [0.15, 0.2) is 47.5 Å². The maximum atomic E-state index is 12.5. The van der Waals surface area contributed by atoms with Crippen LogP contribution >= 0.6 is 0 Å². The smallest absolute Gasteiger partial charge is 0.272 e. The third-order valence-corrected chi connectivity index (χ3v) is 6.27. The number of methoxy groups -OCH3 is 1. The molecule has 2 heterocycles. The number of hydrogen-bond donors (Lipinski definition) is 1. The van der Waals surface area contributed by atoms with Crippen LogP contribution in [0, 0.1) is 0 Å². The van der Waals surface area contributed by atoms with Crippen molar-refractivity contribution in [3.8, 4) is 5.75 Å². The standard InChI is InChI=1S/C18H23N3O3S/c1-24-16-6-4-15(5-7-16)10-11-19-18-9-8-17(14-20-18)25(22,23)21-12-2-3-13-21/h4-9,14H,2-3,10-13H2,1H3,(H,19,20)/p+1. The van der Waals surface area contributed by atoms with Crippen LogP contribution in [-0.2, 0) is 16.4 Å². The predicted octanol–water partition coefficient (Wildman–Crippen LogP) is 1.95. The van der Waals surface area contributed by atoms with E-state index in [2.05, 4.69) is 10.3 Å². The highest BCUT2D eigenvalue weighted by molar-refractivity contribution is 7.89. The van der Waals surface area contributed by atoms with Gasteiger partial charge in [0.15, 0.2) is 0 Å². The molecule has 2 aromatic rings. The second kappa shape index (κ2) is 7.84. The van der Waals surface area contributed by atoms with Gasteiger partial charge in [0.1, 0.15) is 16.8 Å². The van der Waals surface area contributed by atoms with Gasteiger partial charge in [0.05, 0.1) is 13.7 Å². The number of H-pyrrole nitrogens is 1. The number of rotatable bonds is 7. The summed E-state index contributed by atoms with van der Waals surface area (Å²) in [6, 6.07) is 11.4. The zero-order valence-electron chi connectivity index (χ0n) is 14.4. The normalized spacial score (nSPS) is 15.2. The molecule has 0 amide bonds. The lowest BCUT2D eigenvalue weighted by atomic mass is 10.1. The highest BCUT2D eigenvalue weighted by Crippen LogP contribution is 2.20. The van der Waals surface area contributed by atoms with Crippen LogP contribution in [0.2, 0.25) is 0 Å². The quantitative estimate of drug-likeness (QED) is 0.817. The Morgan fingerprint density at radius 1 is 1.12 bits per heavy atom. The molecule has 2 N–H and O–H groups in total. The number of sulfonamides is 1. The molecule has 1 fully saturated rings. The molecule has 0 radical (unpaired) electrons. The molecule has 0 atom stereocenters. The molecule has 0 bridgehead atoms. The van der Waals surface area contributed by atoms with Gasteiger partial charge in [-0.25, -0.2) is 13.4 Å². The summed E-state index contributed by atoms with van der Waals surface area (Å²) in [6.45, 7) is 1.98. The molecule has 1 aromatic heterocycles. The fourth-order valence-electron chi connectivity index (χ4n) is 2.89. The molecule has 0 spiro atoms. The average Bonchev–Trinajstić information content (AvgIpc) is 3.18. The van der Waals surface area contributed by atoms with Crippen molar-refractivity contribution < 1.29 is 18.1 Å². The van der Waals surface area contributed by atoms with Gasteiger partial charge in [0, 0.05) is 25.6 Å². The number of pyridine rings is 1. The minimum absolute atomic E-state index is 0.315. The van der Waals surface area contributed by atoms with E-state index in [4.69, 9.17) is 4.74 Å². The van der Waals surface area contributed by atoms with E-state index in [1.165, 1.54) is 5.56 Å². The molecule has 25 heavy (non-hydrogen) atoms. The van der Waals surface area contributed by atoms with Crippen LogP contribution in [0.25, 0.3) is 0 Å². The molecule has 1 aromatic carbocycles. The largest absolute Gasteiger partial charge is 0.497 e. The van der Waals surface area contributed by atoms with E-state index in [9.17, 15) is 8.42 Å². The van der Waals surface area contributed by atoms with Gasteiger partial charge < -0.3 is 4.74 Å². The maximum Gasteiger partial charge on any atom is 0.272 e. The van der Waals surface area contributed by atoms with E-state index in [0.717, 1.165) is 37.4 Å². The Morgan fingerprint density at radius 2 is 1.84 bits per heavy atom. The maximum absolute atomic E-state index is 12.5. The summed E-state index contributed by atoms with van der Waals surface area (Å²) in [6.07, 6.45) is 4.30. The Hall–Kier alpha value is -2.12. The van der Waals surface area contributed by atoms with Crippen LogP contribution in [0.1, 0.15) is 18.4 Å². The molecule has 0 saturated carbocycles. The van der Waals surface area contributed by atoms with Crippen molar-refractivity contribution >= 4 is 15.8 Å². The lowest BCUT2D eigenvalue weighted by molar-refractivity contribution is -0.364. The third kappa shape index (κ3) is 4.29. The molecule has 3 rings (SSSR count). The van der Waals surface area contributed by atoms with E-state index >= 15 is 0 Å². The molecule has 1 aliphatic rings. The van der Waals surface area contributed by atoms with Gasteiger partial charge >= 0.3 is 0 Å². The third-order valence-electron chi connectivity index (χ3n) is 4.38. The molecule has 6 nitrogen and oxygen atoms in total. The molecule has 0 aliphatic carbocycles. The van der Waals surface area contributed by atoms with Crippen molar-refractivity contribution in [2.75, 3.05) is 32.1 Å². The predicted molar refractivity (Wildman–Crippen MR) is 96.2 cm³/mol. The van der Waals surface area contributed by atoms with Crippen molar-refractivity contribution in [1.29, 1.82) is 0 Å². The first-order valence-corrected chi connectivity index (χ1v) is 9.92. The topological polar surface area (TPSA) is 72.8 Å². The second-order valence-electron chi connectivity index (χ2n) is 6.07. The number of benzene rings is 1. The first-order valence-electron chi connectivity index (χ1n) is 8.48. The molecule has 134 valence electrons. The number of aromatic nitrogens is 1. The Balaban J connectivity index is 1.55. The number of nitrogens with one attached hydrogen (secondary N) is 2. The van der Waals surface area contributed by atoms with Gasteiger partial charge in [-0.05, 0) is 36.6 Å². The summed E-state index contributed by atoms with van der Waals surface area (Å²) in [5.74, 6) is 1.65. The molecular formula is C18H24N3O3S+. The van der Waals surface area contributed by atoms with Crippen molar-refractivity contribution in [3.05, 3.63) is 48.2 Å². The zero-order valence-corrected chi connectivity index (χ0v) is 15.2. The minimum atomic E-state index is -3.36. The number of aromatic amines is 1. The Morgan fingerprint density at radius 3 is 2.44 bits per heavy atom. The first-order chi connectivity index (χ1) is 12.1. The Bertz CT molecular complexity index is 783. The van der Waals surface area contributed by atoms with Crippen LogP contribution < -0.4 is 15.0 Å². The van der Waals surface area contributed by atoms with Crippen LogP contribution in [0.5, 0.6) is 5.75 Å². The lowest BCUT2D eigenvalue weighted by Crippen LogP contribution is -2.29. The Labute approximate surface area is 148 Å². The Kier molecular flexibility index (Phi) is 5.55. The lowest BCUT2D eigenvalue weighted by Gasteiger charge is -2.14. The fourth-order valence-corrected chi connectivity index (χ4v) is 4.38. The van der Waals surface area contributed by atoms with E-state index in [0.29, 0.717) is 18.0 Å². The van der Waals surface area contributed by atoms with E-state index in [1.54, 1.807) is 29.7 Å². The number of anilines is 1. The van der Waals surface area contributed by atoms with Gasteiger partial charge in [-0.1, -0.05) is 12.1 Å². The van der Waals surface area contributed by atoms with Crippen LogP contribution in [0.4, 0.5) is 5.82 Å². The molecule has 1 aliphatic heterocycles. The fraction of sp³-hybridized carbons (Fsp3) is 0.389. The van der Waals surface area contributed by atoms with Gasteiger partial charge in [-0.15, -0.1) is 0 Å². The number of nitrogens with zero attached hydrogens (tertiary/aromatic N) is 1. The van der Waals surface area contributed by atoms with Crippen LogP contribution in [-0.4, -0.2) is 39.5 Å². The highest BCUT2D eigenvalue weighted by atomic mass is 32.2. The molecule has 0 unspecified atom stereocenters. The summed E-state index contributed by atoms with van der Waals surface area (Å²) in [4.78, 5) is 3.35. The molecule has 7 heteroatoms. The van der Waals surface area contributed by atoms with Crippen molar-refractivity contribution in [2.45, 2.75) is 24.2 Å². The van der Waals surface area contributed by atoms with Crippen LogP contribution in [0.3, 0.4) is 0 Å². The monoisotopic (exact) mass is 362 g/mol. The number of ether oxygens (including phenoxy) is 1. The van der Waals surface area contributed by atoms with Crippen molar-refractivity contribution in [3.63, 3.8) is 0 Å². The van der Waals surface area contributed by atoms with Gasteiger partial charge in [0.2, 0.25) is 10.0 Å². The van der Waals surface area contributed by atoms with Gasteiger partial charge in [-0.3, -0.25) is 5.32 Å². The van der Waals surface area contributed by atoms with E-state index in [-0.39, 0.29) is 0 Å². The zero-order chi connectivity index (χ0) is 17.7. The van der Waals surface area contributed by atoms with Crippen molar-refractivity contribution in [1.82, 2.24) is 4.31 Å². The first kappa shape index (κ1) is 17.7. The SMILES string of the molecule is COc1ccc(CCNc2ccc(S(=O)(=O)N3CCCC3)c[nH+]2)cc1. The summed E-state index contributed by atoms with van der Waals surface area (Å²) in [5.41, 5.74) is 1.21.